The zero-order valence-electron chi connectivity index (χ0n) is 15.2. The van der Waals surface area contributed by atoms with E-state index in [4.69, 9.17) is 8.92 Å². The maximum absolute atomic E-state index is 12.7. The van der Waals surface area contributed by atoms with Crippen LogP contribution in [0.1, 0.15) is 11.1 Å². The Labute approximate surface area is 157 Å². The first-order chi connectivity index (χ1) is 12.9. The highest BCUT2D eigenvalue weighted by atomic mass is 32.2. The molecule has 0 unspecified atom stereocenters. The molecule has 0 aliphatic rings. The monoisotopic (exact) mass is 381 g/mol. The number of aromatic nitrogens is 1. The fourth-order valence-electron chi connectivity index (χ4n) is 3.15. The molecule has 27 heavy (non-hydrogen) atoms. The summed E-state index contributed by atoms with van der Waals surface area (Å²) in [6.45, 7) is 3.81. The number of benzene rings is 3. The first kappa shape index (κ1) is 17.4. The maximum Gasteiger partial charge on any atom is 0.339 e. The van der Waals surface area contributed by atoms with Gasteiger partial charge in [0.15, 0.2) is 5.75 Å². The van der Waals surface area contributed by atoms with E-state index in [0.29, 0.717) is 5.52 Å². The third-order valence-electron chi connectivity index (χ3n) is 4.53. The Morgan fingerprint density at radius 1 is 0.852 bits per heavy atom. The van der Waals surface area contributed by atoms with Gasteiger partial charge in [0.05, 0.1) is 18.1 Å². The molecule has 5 nitrogen and oxygen atoms in total. The molecule has 1 heterocycles. The molecule has 3 aromatic carbocycles. The van der Waals surface area contributed by atoms with Gasteiger partial charge in [-0.25, -0.2) is 0 Å². The summed E-state index contributed by atoms with van der Waals surface area (Å²) in [6.07, 6.45) is 0. The van der Waals surface area contributed by atoms with E-state index in [1.165, 1.54) is 0 Å². The molecule has 4 aromatic rings. The minimum atomic E-state index is -3.93. The molecule has 4 rings (SSSR count). The van der Waals surface area contributed by atoms with Crippen molar-refractivity contribution in [3.05, 3.63) is 65.7 Å². The van der Waals surface area contributed by atoms with Crippen molar-refractivity contribution < 1.29 is 17.3 Å². The molecule has 0 amide bonds. The Kier molecular flexibility index (Phi) is 4.08. The molecule has 0 saturated heterocycles. The summed E-state index contributed by atoms with van der Waals surface area (Å²) in [6, 6.07) is 16.0. The first-order valence-electron chi connectivity index (χ1n) is 8.48. The molecule has 0 saturated carbocycles. The molecule has 0 aliphatic carbocycles. The van der Waals surface area contributed by atoms with E-state index in [1.54, 1.807) is 37.4 Å². The van der Waals surface area contributed by atoms with E-state index in [9.17, 15) is 8.42 Å². The number of hydrogen-bond donors (Lipinski definition) is 1. The summed E-state index contributed by atoms with van der Waals surface area (Å²) in [5.41, 5.74) is 3.39. The highest BCUT2D eigenvalue weighted by Gasteiger charge is 2.20. The normalized spacial score (nSPS) is 11.8. The summed E-state index contributed by atoms with van der Waals surface area (Å²) in [7, 11) is -2.33. The van der Waals surface area contributed by atoms with Crippen molar-refractivity contribution in [3.8, 4) is 11.5 Å². The van der Waals surface area contributed by atoms with Crippen LogP contribution in [-0.4, -0.2) is 20.5 Å². The quantitative estimate of drug-likeness (QED) is 0.520. The van der Waals surface area contributed by atoms with Gasteiger partial charge in [0, 0.05) is 16.8 Å². The molecule has 0 atom stereocenters. The summed E-state index contributed by atoms with van der Waals surface area (Å²) >= 11 is 0. The fraction of sp³-hybridized carbons (Fsp3) is 0.143. The number of H-pyrrole nitrogens is 1. The Hall–Kier alpha value is -2.99. The average Bonchev–Trinajstić information content (AvgIpc) is 2.99. The number of nitrogens with one attached hydrogen (secondary N) is 1. The highest BCUT2D eigenvalue weighted by molar-refractivity contribution is 7.87. The largest absolute Gasteiger partial charge is 0.497 e. The summed E-state index contributed by atoms with van der Waals surface area (Å²) < 4.78 is 36.2. The lowest BCUT2D eigenvalue weighted by atomic mass is 10.1. The van der Waals surface area contributed by atoms with Gasteiger partial charge in [0.25, 0.3) is 0 Å². The van der Waals surface area contributed by atoms with E-state index in [2.05, 4.69) is 4.98 Å². The minimum absolute atomic E-state index is 0.125. The molecular formula is C21H19NO4S. The molecule has 0 fully saturated rings. The molecule has 0 aliphatic heterocycles. The van der Waals surface area contributed by atoms with Gasteiger partial charge in [-0.1, -0.05) is 17.7 Å². The molecule has 0 bridgehead atoms. The molecule has 0 spiro atoms. The van der Waals surface area contributed by atoms with Crippen LogP contribution in [0.4, 0.5) is 0 Å². The number of hydrogen-bond acceptors (Lipinski definition) is 4. The SMILES string of the molecule is COc1ccc2c(c1)[nH]c1c(OS(=O)(=O)c3ccc(C)cc3)cc(C)cc12. The van der Waals surface area contributed by atoms with E-state index in [-0.39, 0.29) is 10.6 Å². The fourth-order valence-corrected chi connectivity index (χ4v) is 4.09. The van der Waals surface area contributed by atoms with Crippen LogP contribution in [0.25, 0.3) is 21.8 Å². The van der Waals surface area contributed by atoms with E-state index < -0.39 is 10.1 Å². The molecule has 6 heteroatoms. The standard InChI is InChI=1S/C21H19NO4S/c1-13-4-7-16(8-5-13)27(23,24)26-20-11-14(2)10-18-17-9-6-15(25-3)12-19(17)22-21(18)20/h4-12,22H,1-3H3. The molecule has 1 aromatic heterocycles. The van der Waals surface area contributed by atoms with Crippen LogP contribution >= 0.6 is 0 Å². The van der Waals surface area contributed by atoms with E-state index in [1.807, 2.05) is 38.1 Å². The van der Waals surface area contributed by atoms with Crippen LogP contribution in [0.15, 0.2) is 59.5 Å². The van der Waals surface area contributed by atoms with Crippen LogP contribution in [0.2, 0.25) is 0 Å². The third kappa shape index (κ3) is 3.13. The van der Waals surface area contributed by atoms with Crippen molar-refractivity contribution in [2.75, 3.05) is 7.11 Å². The van der Waals surface area contributed by atoms with Crippen molar-refractivity contribution in [3.63, 3.8) is 0 Å². The topological polar surface area (TPSA) is 68.4 Å². The Balaban J connectivity index is 1.87. The highest BCUT2D eigenvalue weighted by Crippen LogP contribution is 2.35. The van der Waals surface area contributed by atoms with Gasteiger partial charge < -0.3 is 13.9 Å². The van der Waals surface area contributed by atoms with Gasteiger partial charge in [0.2, 0.25) is 0 Å². The van der Waals surface area contributed by atoms with Crippen LogP contribution in [0, 0.1) is 13.8 Å². The van der Waals surface area contributed by atoms with Gasteiger partial charge >= 0.3 is 10.1 Å². The zero-order valence-corrected chi connectivity index (χ0v) is 16.1. The zero-order chi connectivity index (χ0) is 19.2. The van der Waals surface area contributed by atoms with Crippen molar-refractivity contribution in [1.29, 1.82) is 0 Å². The van der Waals surface area contributed by atoms with Crippen LogP contribution < -0.4 is 8.92 Å². The smallest absolute Gasteiger partial charge is 0.339 e. The molecule has 0 radical (unpaired) electrons. The molecule has 1 N–H and O–H groups in total. The maximum atomic E-state index is 12.7. The minimum Gasteiger partial charge on any atom is -0.497 e. The predicted molar refractivity (Wildman–Crippen MR) is 106 cm³/mol. The number of aryl methyl sites for hydroxylation is 2. The molecular weight excluding hydrogens is 362 g/mol. The summed E-state index contributed by atoms with van der Waals surface area (Å²) in [4.78, 5) is 3.39. The summed E-state index contributed by atoms with van der Waals surface area (Å²) in [5, 5.41) is 1.88. The lowest BCUT2D eigenvalue weighted by Crippen LogP contribution is -2.10. The van der Waals surface area contributed by atoms with Crippen molar-refractivity contribution in [2.45, 2.75) is 18.7 Å². The van der Waals surface area contributed by atoms with Crippen molar-refractivity contribution in [1.82, 2.24) is 4.98 Å². The first-order valence-corrected chi connectivity index (χ1v) is 9.89. The molecule has 138 valence electrons. The van der Waals surface area contributed by atoms with Crippen LogP contribution in [0.3, 0.4) is 0 Å². The number of methoxy groups -OCH3 is 1. The van der Waals surface area contributed by atoms with Crippen molar-refractivity contribution >= 4 is 31.9 Å². The number of ether oxygens (including phenoxy) is 1. The second-order valence-electron chi connectivity index (χ2n) is 6.57. The van der Waals surface area contributed by atoms with Crippen molar-refractivity contribution in [2.24, 2.45) is 0 Å². The van der Waals surface area contributed by atoms with Gasteiger partial charge in [-0.3, -0.25) is 0 Å². The van der Waals surface area contributed by atoms with Crippen LogP contribution in [0.5, 0.6) is 11.5 Å². The van der Waals surface area contributed by atoms with Gasteiger partial charge in [-0.2, -0.15) is 8.42 Å². The summed E-state index contributed by atoms with van der Waals surface area (Å²) in [5.74, 6) is 1.00. The third-order valence-corrected chi connectivity index (χ3v) is 5.78. The van der Waals surface area contributed by atoms with E-state index in [0.717, 1.165) is 33.2 Å². The Morgan fingerprint density at radius 2 is 1.59 bits per heavy atom. The lowest BCUT2D eigenvalue weighted by molar-refractivity contribution is 0.415. The number of aromatic amines is 1. The van der Waals surface area contributed by atoms with E-state index >= 15 is 0 Å². The lowest BCUT2D eigenvalue weighted by Gasteiger charge is -2.09. The predicted octanol–water partition coefficient (Wildman–Crippen LogP) is 4.71. The van der Waals surface area contributed by atoms with Crippen LogP contribution in [-0.2, 0) is 10.1 Å². The second kappa shape index (κ2) is 6.32. The van der Waals surface area contributed by atoms with Gasteiger partial charge in [0.1, 0.15) is 10.6 Å². The Morgan fingerprint density at radius 3 is 2.30 bits per heavy atom. The second-order valence-corrected chi connectivity index (χ2v) is 8.12. The average molecular weight is 381 g/mol. The van der Waals surface area contributed by atoms with Gasteiger partial charge in [-0.15, -0.1) is 0 Å². The van der Waals surface area contributed by atoms with Gasteiger partial charge in [-0.05, 0) is 55.8 Å². The number of fused-ring (bicyclic) bond motifs is 3. The Bertz CT molecular complexity index is 1260. The number of rotatable bonds is 4.